The summed E-state index contributed by atoms with van der Waals surface area (Å²) >= 11 is 0. The fraction of sp³-hybridized carbons (Fsp3) is 0.222. The summed E-state index contributed by atoms with van der Waals surface area (Å²) < 4.78 is 0. The van der Waals surface area contributed by atoms with Crippen LogP contribution in [0.1, 0.15) is 12.0 Å². The number of nitrogens with one attached hydrogen (secondary N) is 2. The smallest absolute Gasteiger partial charge is 0.319 e. The van der Waals surface area contributed by atoms with E-state index in [0.717, 1.165) is 11.3 Å². The largest absolute Gasteiger partial charge is 0.326 e. The minimum absolute atomic E-state index is 0.0722. The average molecular weight is 309 g/mol. The topological polar surface area (TPSA) is 61.4 Å². The van der Waals surface area contributed by atoms with Crippen molar-refractivity contribution in [3.63, 3.8) is 0 Å². The number of carbonyl (C=O) groups excluding carboxylic acids is 2. The normalized spacial score (nSPS) is 17.2. The molecular weight excluding hydrogens is 290 g/mol. The molecule has 0 spiro atoms. The quantitative estimate of drug-likeness (QED) is 0.916. The minimum atomic E-state index is -0.486. The van der Waals surface area contributed by atoms with Crippen molar-refractivity contribution in [2.75, 3.05) is 16.8 Å². The number of nitrogens with zero attached hydrogens (tertiary/aromatic N) is 1. The molecule has 3 rings (SSSR count). The molecule has 3 amide bonds. The summed E-state index contributed by atoms with van der Waals surface area (Å²) in [6, 6.07) is 16.1. The monoisotopic (exact) mass is 309 g/mol. The van der Waals surface area contributed by atoms with E-state index in [0.29, 0.717) is 18.7 Å². The highest BCUT2D eigenvalue weighted by Gasteiger charge is 2.33. The third kappa shape index (κ3) is 3.51. The molecule has 1 heterocycles. The molecule has 1 fully saturated rings. The molecular formula is C18H19N3O2. The van der Waals surface area contributed by atoms with Gasteiger partial charge in [-0.2, -0.15) is 0 Å². The van der Waals surface area contributed by atoms with Gasteiger partial charge in [-0.15, -0.1) is 0 Å². The van der Waals surface area contributed by atoms with Crippen molar-refractivity contribution in [2.45, 2.75) is 19.4 Å². The van der Waals surface area contributed by atoms with Crippen molar-refractivity contribution in [1.29, 1.82) is 0 Å². The van der Waals surface area contributed by atoms with Gasteiger partial charge in [-0.05, 0) is 37.6 Å². The molecule has 0 saturated carbocycles. The van der Waals surface area contributed by atoms with E-state index in [1.807, 2.05) is 49.4 Å². The summed E-state index contributed by atoms with van der Waals surface area (Å²) in [5.41, 5.74) is 2.72. The first-order chi connectivity index (χ1) is 11.1. The first-order valence-electron chi connectivity index (χ1n) is 7.64. The van der Waals surface area contributed by atoms with Crippen LogP contribution >= 0.6 is 0 Å². The van der Waals surface area contributed by atoms with Crippen molar-refractivity contribution in [3.05, 3.63) is 60.2 Å². The molecule has 0 unspecified atom stereocenters. The van der Waals surface area contributed by atoms with E-state index < -0.39 is 6.04 Å². The van der Waals surface area contributed by atoms with Crippen LogP contribution in [0.15, 0.2) is 54.6 Å². The van der Waals surface area contributed by atoms with Crippen LogP contribution in [-0.4, -0.2) is 24.5 Å². The number of benzene rings is 2. The lowest BCUT2D eigenvalue weighted by Gasteiger charge is -2.17. The number of anilines is 2. The molecule has 1 saturated heterocycles. The van der Waals surface area contributed by atoms with Crippen LogP contribution in [0.25, 0.3) is 0 Å². The second-order valence-electron chi connectivity index (χ2n) is 5.63. The molecule has 2 aromatic rings. The molecule has 0 aliphatic carbocycles. The predicted molar refractivity (Wildman–Crippen MR) is 90.5 cm³/mol. The van der Waals surface area contributed by atoms with Crippen LogP contribution in [0, 0.1) is 6.92 Å². The Morgan fingerprint density at radius 1 is 1.09 bits per heavy atom. The van der Waals surface area contributed by atoms with Crippen LogP contribution in [0.5, 0.6) is 0 Å². The third-order valence-corrected chi connectivity index (χ3v) is 3.89. The number of carbonyl (C=O) groups is 2. The van der Waals surface area contributed by atoms with Crippen molar-refractivity contribution in [1.82, 2.24) is 5.32 Å². The predicted octanol–water partition coefficient (Wildman–Crippen LogP) is 2.92. The molecule has 5 nitrogen and oxygen atoms in total. The zero-order chi connectivity index (χ0) is 16.2. The number of aryl methyl sites for hydroxylation is 1. The zero-order valence-electron chi connectivity index (χ0n) is 13.0. The molecule has 1 aliphatic heterocycles. The van der Waals surface area contributed by atoms with Gasteiger partial charge in [0.05, 0.1) is 0 Å². The van der Waals surface area contributed by atoms with E-state index in [9.17, 15) is 9.59 Å². The molecule has 23 heavy (non-hydrogen) atoms. The van der Waals surface area contributed by atoms with Crippen LogP contribution in [-0.2, 0) is 4.79 Å². The highest BCUT2D eigenvalue weighted by molar-refractivity contribution is 6.02. The van der Waals surface area contributed by atoms with Crippen LogP contribution in [0.4, 0.5) is 16.2 Å². The van der Waals surface area contributed by atoms with Gasteiger partial charge in [-0.3, -0.25) is 4.79 Å². The van der Waals surface area contributed by atoms with Crippen LogP contribution in [0.3, 0.4) is 0 Å². The fourth-order valence-corrected chi connectivity index (χ4v) is 2.64. The Balaban J connectivity index is 1.61. The Bertz CT molecular complexity index is 698. The number of hydrogen-bond donors (Lipinski definition) is 2. The summed E-state index contributed by atoms with van der Waals surface area (Å²) in [4.78, 5) is 26.2. The molecule has 0 bridgehead atoms. The average Bonchev–Trinajstić information content (AvgIpc) is 2.90. The molecule has 1 atom stereocenters. The molecule has 0 radical (unpaired) electrons. The van der Waals surface area contributed by atoms with Crippen molar-refractivity contribution >= 4 is 23.3 Å². The number of para-hydroxylation sites is 1. The van der Waals surface area contributed by atoms with Gasteiger partial charge < -0.3 is 15.5 Å². The lowest BCUT2D eigenvalue weighted by molar-refractivity contribution is -0.118. The van der Waals surface area contributed by atoms with Crippen LogP contribution < -0.4 is 15.5 Å². The molecule has 0 aromatic heterocycles. The van der Waals surface area contributed by atoms with E-state index >= 15 is 0 Å². The van der Waals surface area contributed by atoms with Gasteiger partial charge in [0.2, 0.25) is 5.91 Å². The van der Waals surface area contributed by atoms with Gasteiger partial charge in [0.25, 0.3) is 0 Å². The molecule has 1 aliphatic rings. The van der Waals surface area contributed by atoms with Crippen molar-refractivity contribution < 1.29 is 9.59 Å². The Labute approximate surface area is 135 Å². The lowest BCUT2D eigenvalue weighted by atomic mass is 10.2. The first-order valence-corrected chi connectivity index (χ1v) is 7.64. The number of amides is 3. The lowest BCUT2D eigenvalue weighted by Crippen LogP contribution is -2.43. The maximum absolute atomic E-state index is 12.5. The molecule has 118 valence electrons. The van der Waals surface area contributed by atoms with E-state index in [1.54, 1.807) is 17.0 Å². The van der Waals surface area contributed by atoms with E-state index in [2.05, 4.69) is 10.6 Å². The highest BCUT2D eigenvalue weighted by atomic mass is 16.2. The van der Waals surface area contributed by atoms with Crippen LogP contribution in [0.2, 0.25) is 0 Å². The summed E-state index contributed by atoms with van der Waals surface area (Å²) in [6.45, 7) is 2.62. The Kier molecular flexibility index (Phi) is 4.28. The van der Waals surface area contributed by atoms with Crippen molar-refractivity contribution in [3.8, 4) is 0 Å². The second-order valence-corrected chi connectivity index (χ2v) is 5.63. The first kappa shape index (κ1) is 15.1. The number of hydrogen-bond acceptors (Lipinski definition) is 2. The Morgan fingerprint density at radius 3 is 2.48 bits per heavy atom. The molecule has 5 heteroatoms. The maximum atomic E-state index is 12.5. The van der Waals surface area contributed by atoms with E-state index in [1.165, 1.54) is 0 Å². The van der Waals surface area contributed by atoms with Gasteiger partial charge >= 0.3 is 6.03 Å². The van der Waals surface area contributed by atoms with E-state index in [4.69, 9.17) is 0 Å². The number of rotatable bonds is 3. The Morgan fingerprint density at radius 2 is 1.78 bits per heavy atom. The van der Waals surface area contributed by atoms with Gasteiger partial charge in [0.1, 0.15) is 6.04 Å². The van der Waals surface area contributed by atoms with E-state index in [-0.39, 0.29) is 11.9 Å². The third-order valence-electron chi connectivity index (χ3n) is 3.89. The van der Waals surface area contributed by atoms with Gasteiger partial charge in [0, 0.05) is 17.9 Å². The zero-order valence-corrected chi connectivity index (χ0v) is 13.0. The van der Waals surface area contributed by atoms with Gasteiger partial charge in [0.15, 0.2) is 0 Å². The summed E-state index contributed by atoms with van der Waals surface area (Å²) in [6.07, 6.45) is 0.606. The summed E-state index contributed by atoms with van der Waals surface area (Å²) in [5.74, 6) is -0.0722. The second kappa shape index (κ2) is 6.52. The molecule has 2 N–H and O–H groups in total. The standard InChI is InChI=1S/C18H19N3O2/c1-13-7-9-15(10-8-13)21-12-11-16(17(21)22)20-18(23)19-14-5-3-2-4-6-14/h2-10,16H,11-12H2,1H3,(H2,19,20,23)/t16-/m0/s1. The maximum Gasteiger partial charge on any atom is 0.319 e. The highest BCUT2D eigenvalue weighted by Crippen LogP contribution is 2.22. The number of urea groups is 1. The summed E-state index contributed by atoms with van der Waals surface area (Å²) in [5, 5.41) is 5.48. The summed E-state index contributed by atoms with van der Waals surface area (Å²) in [7, 11) is 0. The van der Waals surface area contributed by atoms with Crippen molar-refractivity contribution in [2.24, 2.45) is 0 Å². The van der Waals surface area contributed by atoms with Gasteiger partial charge in [-0.1, -0.05) is 35.9 Å². The van der Waals surface area contributed by atoms with Gasteiger partial charge in [-0.25, -0.2) is 4.79 Å². The minimum Gasteiger partial charge on any atom is -0.326 e. The molecule has 2 aromatic carbocycles. The fourth-order valence-electron chi connectivity index (χ4n) is 2.64. The SMILES string of the molecule is Cc1ccc(N2CC[C@H](NC(=O)Nc3ccccc3)C2=O)cc1. The Hall–Kier alpha value is -2.82.